The van der Waals surface area contributed by atoms with Gasteiger partial charge in [-0.1, -0.05) is 47.5 Å². The molecule has 0 spiro atoms. The third-order valence-corrected chi connectivity index (χ3v) is 16.7. The van der Waals surface area contributed by atoms with Crippen molar-refractivity contribution < 1.29 is 23.5 Å². The molecule has 1 aromatic heterocycles. The van der Waals surface area contributed by atoms with Crippen LogP contribution in [-0.2, 0) is 18.4 Å². The molecular weight excluding hydrogens is 494 g/mol. The molecule has 202 valence electrons. The summed E-state index contributed by atoms with van der Waals surface area (Å²) in [6.07, 6.45) is 4.37. The van der Waals surface area contributed by atoms with Crippen LogP contribution in [0.1, 0.15) is 54.7 Å². The molecule has 1 aliphatic rings. The van der Waals surface area contributed by atoms with Gasteiger partial charge in [0.1, 0.15) is 18.0 Å². The van der Waals surface area contributed by atoms with Crippen molar-refractivity contribution in [1.82, 2.24) is 9.55 Å². The number of aromatic nitrogens is 2. The molecular formula is C25H43N3O6Si2. The van der Waals surface area contributed by atoms with Crippen LogP contribution >= 0.6 is 0 Å². The highest BCUT2D eigenvalue weighted by molar-refractivity contribution is 6.74. The number of carbonyl (C=O) groups excluding carboxylic acids is 1. The zero-order chi connectivity index (χ0) is 27.9. The number of aliphatic hydroxyl groups is 1. The smallest absolute Gasteiger partial charge is 0.351 e. The van der Waals surface area contributed by atoms with Crippen molar-refractivity contribution in [3.05, 3.63) is 22.7 Å². The number of nitrogens with zero attached hydrogens (tertiary/aromatic N) is 2. The molecule has 9 nitrogen and oxygen atoms in total. The van der Waals surface area contributed by atoms with E-state index in [0.29, 0.717) is 0 Å². The lowest BCUT2D eigenvalue weighted by atomic mass is 9.93. The Morgan fingerprint density at radius 2 is 1.78 bits per heavy atom. The second-order valence-electron chi connectivity index (χ2n) is 12.5. The average Bonchev–Trinajstić information content (AvgIpc) is 2.96. The van der Waals surface area contributed by atoms with Crippen molar-refractivity contribution in [2.75, 3.05) is 11.9 Å². The molecule has 0 saturated carbocycles. The Morgan fingerprint density at radius 3 is 2.22 bits per heavy atom. The predicted octanol–water partition coefficient (Wildman–Crippen LogP) is 3.88. The fraction of sp³-hybridized carbons (Fsp3) is 0.720. The summed E-state index contributed by atoms with van der Waals surface area (Å²) in [6.45, 7) is 22.3. The van der Waals surface area contributed by atoms with Crippen LogP contribution in [0.5, 0.6) is 0 Å². The molecule has 2 rings (SSSR count). The van der Waals surface area contributed by atoms with Crippen LogP contribution in [0, 0.1) is 12.3 Å². The fourth-order valence-electron chi connectivity index (χ4n) is 3.30. The van der Waals surface area contributed by atoms with Crippen molar-refractivity contribution >= 4 is 28.4 Å². The highest BCUT2D eigenvalue weighted by Crippen LogP contribution is 2.46. The van der Waals surface area contributed by atoms with Gasteiger partial charge in [-0.05, 0) is 42.3 Å². The van der Waals surface area contributed by atoms with E-state index < -0.39 is 46.4 Å². The zero-order valence-corrected chi connectivity index (χ0v) is 25.6. The number of anilines is 1. The summed E-state index contributed by atoms with van der Waals surface area (Å²) in [5, 5.41) is 14.1. The first-order valence-electron chi connectivity index (χ1n) is 12.2. The molecule has 1 fully saturated rings. The topological polar surface area (TPSA) is 112 Å². The minimum atomic E-state index is -2.48. The molecule has 0 aliphatic carbocycles. The molecule has 0 unspecified atom stereocenters. The van der Waals surface area contributed by atoms with Gasteiger partial charge in [-0.15, -0.1) is 6.42 Å². The number of carbonyl (C=O) groups is 1. The van der Waals surface area contributed by atoms with Gasteiger partial charge in [0.2, 0.25) is 5.91 Å². The van der Waals surface area contributed by atoms with E-state index in [-0.39, 0.29) is 28.4 Å². The lowest BCUT2D eigenvalue weighted by molar-refractivity contribution is -0.114. The Morgan fingerprint density at radius 1 is 1.22 bits per heavy atom. The van der Waals surface area contributed by atoms with Gasteiger partial charge in [0.15, 0.2) is 28.5 Å². The molecule has 1 aliphatic heterocycles. The Labute approximate surface area is 217 Å². The van der Waals surface area contributed by atoms with Crippen LogP contribution in [0.2, 0.25) is 36.3 Å². The van der Waals surface area contributed by atoms with Gasteiger partial charge < -0.3 is 24.0 Å². The highest BCUT2D eigenvalue weighted by Gasteiger charge is 2.59. The van der Waals surface area contributed by atoms with E-state index in [4.69, 9.17) is 20.0 Å². The molecule has 11 heteroatoms. The molecule has 1 aromatic rings. The highest BCUT2D eigenvalue weighted by atomic mass is 28.4. The Bertz CT molecular complexity index is 1070. The summed E-state index contributed by atoms with van der Waals surface area (Å²) in [4.78, 5) is 28.3. The first kappa shape index (κ1) is 30.4. The van der Waals surface area contributed by atoms with Gasteiger partial charge in [0, 0.05) is 13.1 Å². The molecule has 0 radical (unpaired) electrons. The van der Waals surface area contributed by atoms with Gasteiger partial charge in [-0.2, -0.15) is 4.98 Å². The van der Waals surface area contributed by atoms with E-state index >= 15 is 0 Å². The average molecular weight is 538 g/mol. The van der Waals surface area contributed by atoms with Gasteiger partial charge >= 0.3 is 5.69 Å². The minimum Gasteiger partial charge on any atom is -0.414 e. The third kappa shape index (κ3) is 6.18. The summed E-state index contributed by atoms with van der Waals surface area (Å²) < 4.78 is 20.5. The van der Waals surface area contributed by atoms with E-state index in [2.05, 4.69) is 70.9 Å². The van der Waals surface area contributed by atoms with Crippen LogP contribution < -0.4 is 11.0 Å². The second kappa shape index (κ2) is 10.2. The zero-order valence-electron chi connectivity index (χ0n) is 23.6. The molecule has 0 aromatic carbocycles. The summed E-state index contributed by atoms with van der Waals surface area (Å²) in [7, 11) is -4.67. The molecule has 1 saturated heterocycles. The van der Waals surface area contributed by atoms with Crippen molar-refractivity contribution in [1.29, 1.82) is 0 Å². The van der Waals surface area contributed by atoms with Crippen LogP contribution in [0.4, 0.5) is 5.82 Å². The van der Waals surface area contributed by atoms with E-state index in [1.807, 2.05) is 13.1 Å². The normalized spacial score (nSPS) is 25.5. The van der Waals surface area contributed by atoms with Gasteiger partial charge in [0.25, 0.3) is 0 Å². The van der Waals surface area contributed by atoms with Crippen LogP contribution in [-0.4, -0.2) is 61.6 Å². The maximum Gasteiger partial charge on any atom is 0.351 e. The number of rotatable bonds is 7. The quantitative estimate of drug-likeness (QED) is 0.401. The van der Waals surface area contributed by atoms with Crippen molar-refractivity contribution in [3.8, 4) is 12.3 Å². The summed E-state index contributed by atoms with van der Waals surface area (Å²) >= 11 is 0. The number of hydrogen-bond donors (Lipinski definition) is 2. The van der Waals surface area contributed by atoms with Crippen molar-refractivity contribution in [2.24, 2.45) is 0 Å². The van der Waals surface area contributed by atoms with Crippen molar-refractivity contribution in [2.45, 2.75) is 109 Å². The van der Waals surface area contributed by atoms with Gasteiger partial charge in [-0.3, -0.25) is 9.36 Å². The molecule has 1 amide bonds. The number of hydrogen-bond acceptors (Lipinski definition) is 7. The van der Waals surface area contributed by atoms with Crippen molar-refractivity contribution in [3.63, 3.8) is 0 Å². The largest absolute Gasteiger partial charge is 0.414 e. The monoisotopic (exact) mass is 537 g/mol. The lowest BCUT2D eigenvalue weighted by Gasteiger charge is -2.42. The number of amides is 1. The molecule has 2 N–H and O–H groups in total. The lowest BCUT2D eigenvalue weighted by Crippen LogP contribution is -2.56. The predicted molar refractivity (Wildman–Crippen MR) is 146 cm³/mol. The van der Waals surface area contributed by atoms with Crippen LogP contribution in [0.3, 0.4) is 0 Å². The Kier molecular flexibility index (Phi) is 8.58. The summed E-state index contributed by atoms with van der Waals surface area (Å²) in [5.74, 6) is 2.29. The van der Waals surface area contributed by atoms with Crippen LogP contribution in [0.25, 0.3) is 0 Å². The van der Waals surface area contributed by atoms with E-state index in [9.17, 15) is 14.7 Å². The first-order chi connectivity index (χ1) is 16.2. The number of ether oxygens (including phenoxy) is 1. The van der Waals surface area contributed by atoms with E-state index in [1.54, 1.807) is 0 Å². The van der Waals surface area contributed by atoms with E-state index in [0.717, 1.165) is 0 Å². The second-order valence-corrected chi connectivity index (χ2v) is 22.1. The SMILES string of the molecule is C#C[C@]1(O)[C@@H](CO[Si](C)(C)C(C)(C)C)O[C@@H](n2ccc(NC(C)=O)nc2=O)[C@@H]1O[Si](C)(C)C(C)(C)C. The Balaban J connectivity index is 2.55. The van der Waals surface area contributed by atoms with Gasteiger partial charge in [-0.25, -0.2) is 4.79 Å². The maximum atomic E-state index is 13.0. The standard InChI is InChI=1S/C25H43N3O6Si2/c1-13-25(31)18(16-32-35(9,10)23(3,4)5)33-21(20(25)34-36(11,12)24(6,7)8)28-15-14-19(26-17(2)29)27-22(28)30/h1,14-15,18,20-21,31H,16H2,2-12H3,(H,26,27,29,30)/t18-,20+,21-,25+/m1/s1. The summed E-state index contributed by atoms with van der Waals surface area (Å²) in [6, 6.07) is 1.49. The van der Waals surface area contributed by atoms with E-state index in [1.165, 1.54) is 23.8 Å². The summed E-state index contributed by atoms with van der Waals surface area (Å²) in [5.41, 5.74) is -2.52. The molecule has 0 bridgehead atoms. The number of nitrogens with one attached hydrogen (secondary N) is 1. The van der Waals surface area contributed by atoms with Gasteiger partial charge in [0.05, 0.1) is 6.61 Å². The molecule has 4 atom stereocenters. The molecule has 2 heterocycles. The molecule has 36 heavy (non-hydrogen) atoms. The van der Waals surface area contributed by atoms with Crippen LogP contribution in [0.15, 0.2) is 17.1 Å². The third-order valence-electron chi connectivity index (χ3n) is 7.76. The minimum absolute atomic E-state index is 0.0528. The maximum absolute atomic E-state index is 13.0. The Hall–Kier alpha value is -1.82. The number of terminal acetylenes is 1. The fourth-order valence-corrected chi connectivity index (χ4v) is 5.58. The first-order valence-corrected chi connectivity index (χ1v) is 18.0.